The summed E-state index contributed by atoms with van der Waals surface area (Å²) in [6, 6.07) is 2.96. The molecule has 2 fully saturated rings. The lowest BCUT2D eigenvalue weighted by Gasteiger charge is -2.16. The zero-order valence-corrected chi connectivity index (χ0v) is 14.7. The fourth-order valence-corrected chi connectivity index (χ4v) is 4.06. The zero-order chi connectivity index (χ0) is 16.4. The van der Waals surface area contributed by atoms with Crippen LogP contribution in [0, 0.1) is 17.8 Å². The summed E-state index contributed by atoms with van der Waals surface area (Å²) in [5.74, 6) is 2.07. The van der Waals surface area contributed by atoms with Crippen molar-refractivity contribution in [2.45, 2.75) is 25.7 Å². The van der Waals surface area contributed by atoms with E-state index in [4.69, 9.17) is 39.5 Å². The molecule has 3 rings (SSSR count). The molecule has 0 spiro atoms. The van der Waals surface area contributed by atoms with Crippen molar-refractivity contribution in [1.82, 2.24) is 5.43 Å². The molecule has 1 aromatic carbocycles. The third-order valence-electron chi connectivity index (χ3n) is 4.58. The Hall–Kier alpha value is -0.970. The maximum Gasteiger partial charge on any atom is 0.277 e. The molecule has 0 heterocycles. The van der Waals surface area contributed by atoms with Crippen molar-refractivity contribution in [3.63, 3.8) is 0 Å². The van der Waals surface area contributed by atoms with Gasteiger partial charge in [-0.1, -0.05) is 41.2 Å². The minimum atomic E-state index is -0.341. The molecular formula is C16H17Cl3N2O2. The average Bonchev–Trinajstić information content (AvgIpc) is 3.12. The smallest absolute Gasteiger partial charge is 0.277 e. The Morgan fingerprint density at radius 2 is 2.00 bits per heavy atom. The molecule has 2 aliphatic rings. The number of carbonyl (C=O) groups excluding carboxylic acids is 1. The minimum Gasteiger partial charge on any atom is -0.482 e. The number of amides is 1. The summed E-state index contributed by atoms with van der Waals surface area (Å²) < 4.78 is 5.35. The molecule has 1 N–H and O–H groups in total. The lowest BCUT2D eigenvalue weighted by molar-refractivity contribution is -0.123. The molecule has 124 valence electrons. The van der Waals surface area contributed by atoms with Crippen molar-refractivity contribution in [3.05, 3.63) is 27.2 Å². The third kappa shape index (κ3) is 4.11. The van der Waals surface area contributed by atoms with Crippen LogP contribution in [0.5, 0.6) is 5.75 Å². The van der Waals surface area contributed by atoms with Gasteiger partial charge in [-0.2, -0.15) is 5.10 Å². The van der Waals surface area contributed by atoms with Gasteiger partial charge >= 0.3 is 0 Å². The van der Waals surface area contributed by atoms with Crippen molar-refractivity contribution in [1.29, 1.82) is 0 Å². The normalized spacial score (nSPS) is 26.0. The van der Waals surface area contributed by atoms with Gasteiger partial charge in [0, 0.05) is 12.3 Å². The fraction of sp³-hybridized carbons (Fsp3) is 0.500. The molecule has 0 aliphatic heterocycles. The molecule has 0 radical (unpaired) electrons. The Morgan fingerprint density at radius 3 is 2.70 bits per heavy atom. The lowest BCUT2D eigenvalue weighted by atomic mass is 9.90. The highest BCUT2D eigenvalue weighted by Gasteiger charge is 2.38. The van der Waals surface area contributed by atoms with E-state index in [1.54, 1.807) is 0 Å². The van der Waals surface area contributed by atoms with Gasteiger partial charge in [-0.05, 0) is 43.1 Å². The van der Waals surface area contributed by atoms with Crippen LogP contribution in [0.2, 0.25) is 15.1 Å². The number of halogens is 3. The second-order valence-corrected chi connectivity index (χ2v) is 7.36. The number of nitrogens with zero attached hydrogens (tertiary/aromatic N) is 1. The van der Waals surface area contributed by atoms with Crippen LogP contribution in [0.15, 0.2) is 17.2 Å². The number of benzene rings is 1. The van der Waals surface area contributed by atoms with Gasteiger partial charge in [0.1, 0.15) is 5.75 Å². The van der Waals surface area contributed by atoms with E-state index >= 15 is 0 Å². The quantitative estimate of drug-likeness (QED) is 0.466. The van der Waals surface area contributed by atoms with Crippen molar-refractivity contribution >= 4 is 46.9 Å². The van der Waals surface area contributed by atoms with Gasteiger partial charge in [-0.15, -0.1) is 0 Å². The van der Waals surface area contributed by atoms with E-state index in [0.29, 0.717) is 26.7 Å². The molecule has 2 bridgehead atoms. The predicted octanol–water partition coefficient (Wildman–Crippen LogP) is 4.56. The van der Waals surface area contributed by atoms with Crippen LogP contribution in [0.25, 0.3) is 0 Å². The number of hydrogen-bond acceptors (Lipinski definition) is 3. The third-order valence-corrected chi connectivity index (χ3v) is 5.60. The van der Waals surface area contributed by atoms with E-state index in [1.165, 1.54) is 37.8 Å². The molecule has 0 saturated heterocycles. The van der Waals surface area contributed by atoms with Gasteiger partial charge in [-0.3, -0.25) is 4.79 Å². The topological polar surface area (TPSA) is 50.7 Å². The summed E-state index contributed by atoms with van der Waals surface area (Å²) in [6.07, 6.45) is 7.00. The predicted molar refractivity (Wildman–Crippen MR) is 92.5 cm³/mol. The zero-order valence-electron chi connectivity index (χ0n) is 12.4. The van der Waals surface area contributed by atoms with Crippen LogP contribution in [0.1, 0.15) is 25.7 Å². The number of hydrazone groups is 1. The number of hydrogen-bond donors (Lipinski definition) is 1. The highest BCUT2D eigenvalue weighted by molar-refractivity contribution is 6.43. The van der Waals surface area contributed by atoms with Crippen molar-refractivity contribution in [2.24, 2.45) is 22.9 Å². The molecule has 2 saturated carbocycles. The largest absolute Gasteiger partial charge is 0.482 e. The first-order chi connectivity index (χ1) is 11.0. The Kier molecular flexibility index (Phi) is 5.34. The van der Waals surface area contributed by atoms with Gasteiger partial charge in [0.25, 0.3) is 5.91 Å². The molecule has 3 unspecified atom stereocenters. The molecule has 1 amide bonds. The number of nitrogens with one attached hydrogen (secondary N) is 1. The molecule has 7 heteroatoms. The lowest BCUT2D eigenvalue weighted by Crippen LogP contribution is -2.25. The van der Waals surface area contributed by atoms with E-state index in [9.17, 15) is 4.79 Å². The molecule has 3 atom stereocenters. The van der Waals surface area contributed by atoms with Crippen LogP contribution in [-0.4, -0.2) is 18.7 Å². The maximum absolute atomic E-state index is 11.8. The summed E-state index contributed by atoms with van der Waals surface area (Å²) in [5, 5.41) is 5.01. The summed E-state index contributed by atoms with van der Waals surface area (Å²) in [4.78, 5) is 11.8. The fourth-order valence-electron chi connectivity index (χ4n) is 3.47. The van der Waals surface area contributed by atoms with E-state index in [0.717, 1.165) is 11.8 Å². The summed E-state index contributed by atoms with van der Waals surface area (Å²) in [5.41, 5.74) is 2.49. The highest BCUT2D eigenvalue weighted by Crippen LogP contribution is 2.47. The SMILES string of the molecule is O=C(COc1cc(Cl)c(Cl)cc1Cl)N/N=C/C1CC2CCC1C2. The van der Waals surface area contributed by atoms with Gasteiger partial charge in [0.15, 0.2) is 6.61 Å². The van der Waals surface area contributed by atoms with Crippen LogP contribution in [-0.2, 0) is 4.79 Å². The first-order valence-electron chi connectivity index (χ1n) is 7.62. The number of ether oxygens (including phenoxy) is 1. The van der Waals surface area contributed by atoms with E-state index in [1.807, 2.05) is 6.21 Å². The number of fused-ring (bicyclic) bond motifs is 2. The van der Waals surface area contributed by atoms with Crippen LogP contribution < -0.4 is 10.2 Å². The summed E-state index contributed by atoms with van der Waals surface area (Å²) >= 11 is 17.7. The second-order valence-electron chi connectivity index (χ2n) is 6.14. The molecule has 23 heavy (non-hydrogen) atoms. The molecule has 1 aromatic rings. The van der Waals surface area contributed by atoms with Crippen molar-refractivity contribution < 1.29 is 9.53 Å². The Balaban J connectivity index is 1.46. The second kappa shape index (κ2) is 7.29. The molecular weight excluding hydrogens is 359 g/mol. The van der Waals surface area contributed by atoms with E-state index in [-0.39, 0.29) is 12.5 Å². The van der Waals surface area contributed by atoms with Gasteiger partial charge in [0.05, 0.1) is 15.1 Å². The Labute approximate surface area is 150 Å². The highest BCUT2D eigenvalue weighted by atomic mass is 35.5. The van der Waals surface area contributed by atoms with Gasteiger partial charge < -0.3 is 4.74 Å². The van der Waals surface area contributed by atoms with Crippen molar-refractivity contribution in [3.8, 4) is 5.75 Å². The average molecular weight is 376 g/mol. The van der Waals surface area contributed by atoms with Gasteiger partial charge in [-0.25, -0.2) is 5.43 Å². The van der Waals surface area contributed by atoms with Crippen LogP contribution >= 0.6 is 34.8 Å². The Bertz CT molecular complexity index is 636. The summed E-state index contributed by atoms with van der Waals surface area (Å²) in [7, 11) is 0. The molecule has 0 aromatic heterocycles. The van der Waals surface area contributed by atoms with Gasteiger partial charge in [0.2, 0.25) is 0 Å². The summed E-state index contributed by atoms with van der Waals surface area (Å²) in [6.45, 7) is -0.189. The number of rotatable bonds is 5. The first-order valence-corrected chi connectivity index (χ1v) is 8.75. The molecule has 4 nitrogen and oxygen atoms in total. The monoisotopic (exact) mass is 374 g/mol. The minimum absolute atomic E-state index is 0.189. The standard InChI is InChI=1S/C16H17Cl3N2O2/c17-12-5-14(19)15(6-13(12)18)23-8-16(22)21-20-7-11-4-9-1-2-10(11)3-9/h5-7,9-11H,1-4,8H2,(H,21,22)/b20-7+. The Morgan fingerprint density at radius 1 is 1.22 bits per heavy atom. The van der Waals surface area contributed by atoms with Crippen LogP contribution in [0.4, 0.5) is 0 Å². The first kappa shape index (κ1) is 16.9. The van der Waals surface area contributed by atoms with Crippen molar-refractivity contribution in [2.75, 3.05) is 6.61 Å². The number of carbonyl (C=O) groups is 1. The van der Waals surface area contributed by atoms with E-state index in [2.05, 4.69) is 10.5 Å². The molecule has 2 aliphatic carbocycles. The van der Waals surface area contributed by atoms with E-state index < -0.39 is 0 Å². The van der Waals surface area contributed by atoms with Crippen LogP contribution in [0.3, 0.4) is 0 Å². The maximum atomic E-state index is 11.8.